The fraction of sp³-hybridized carbons (Fsp3) is 0.714. The number of rotatable bonds is 3. The molecule has 3 rings (SSSR count). The summed E-state index contributed by atoms with van der Waals surface area (Å²) in [5, 5.41) is 7.12. The minimum atomic E-state index is 0.0846. The largest absolute Gasteiger partial charge is 0.335 e. The maximum Gasteiger partial charge on any atom is 0.274 e. The number of aromatic nitrogens is 2. The summed E-state index contributed by atoms with van der Waals surface area (Å²) in [6.07, 6.45) is 3.23. The van der Waals surface area contributed by atoms with Crippen LogP contribution in [-0.2, 0) is 6.42 Å². The van der Waals surface area contributed by atoms with Crippen LogP contribution in [-0.4, -0.2) is 58.6 Å². The molecule has 1 N–H and O–H groups in total. The molecule has 2 aliphatic rings. The van der Waals surface area contributed by atoms with Crippen molar-refractivity contribution >= 4 is 5.91 Å². The molecule has 2 saturated heterocycles. The average Bonchev–Trinajstić information content (AvgIpc) is 3.07. The molecule has 19 heavy (non-hydrogen) atoms. The summed E-state index contributed by atoms with van der Waals surface area (Å²) >= 11 is 0. The summed E-state index contributed by atoms with van der Waals surface area (Å²) in [5.74, 6) is 0.740. The van der Waals surface area contributed by atoms with Gasteiger partial charge in [-0.3, -0.25) is 9.89 Å². The van der Waals surface area contributed by atoms with Crippen LogP contribution in [0.4, 0.5) is 0 Å². The molecule has 0 aliphatic carbocycles. The first-order chi connectivity index (χ1) is 9.19. The third-order valence-corrected chi connectivity index (χ3v) is 4.48. The van der Waals surface area contributed by atoms with Gasteiger partial charge in [0.25, 0.3) is 5.91 Å². The molecule has 2 aliphatic heterocycles. The summed E-state index contributed by atoms with van der Waals surface area (Å²) in [7, 11) is 2.16. The molecule has 0 saturated carbocycles. The Bertz CT molecular complexity index is 470. The van der Waals surface area contributed by atoms with Crippen molar-refractivity contribution in [2.24, 2.45) is 5.92 Å². The van der Waals surface area contributed by atoms with Crippen molar-refractivity contribution < 1.29 is 4.79 Å². The number of likely N-dealkylation sites (N-methyl/N-ethyl adjacent to an activating group) is 1. The highest BCUT2D eigenvalue weighted by molar-refractivity contribution is 5.92. The molecule has 104 valence electrons. The number of H-pyrrole nitrogens is 1. The van der Waals surface area contributed by atoms with Gasteiger partial charge in [0.2, 0.25) is 0 Å². The van der Waals surface area contributed by atoms with Crippen LogP contribution in [0.15, 0.2) is 6.07 Å². The van der Waals surface area contributed by atoms with E-state index in [-0.39, 0.29) is 5.91 Å². The molecule has 2 atom stereocenters. The Balaban J connectivity index is 1.67. The summed E-state index contributed by atoms with van der Waals surface area (Å²) in [5.41, 5.74) is 1.63. The van der Waals surface area contributed by atoms with Gasteiger partial charge in [-0.2, -0.15) is 5.10 Å². The van der Waals surface area contributed by atoms with Gasteiger partial charge in [0, 0.05) is 24.8 Å². The minimum absolute atomic E-state index is 0.0846. The zero-order valence-corrected chi connectivity index (χ0v) is 11.7. The third-order valence-electron chi connectivity index (χ3n) is 4.48. The van der Waals surface area contributed by atoms with Gasteiger partial charge >= 0.3 is 0 Å². The number of aromatic amines is 1. The predicted molar refractivity (Wildman–Crippen MR) is 73.0 cm³/mol. The van der Waals surface area contributed by atoms with Gasteiger partial charge < -0.3 is 9.80 Å². The number of hydrogen-bond donors (Lipinski definition) is 1. The highest BCUT2D eigenvalue weighted by Crippen LogP contribution is 2.30. The summed E-state index contributed by atoms with van der Waals surface area (Å²) in [6, 6.07) is 2.46. The molecular weight excluding hydrogens is 240 g/mol. The maximum atomic E-state index is 12.4. The quantitative estimate of drug-likeness (QED) is 0.888. The van der Waals surface area contributed by atoms with Gasteiger partial charge in [-0.25, -0.2) is 0 Å². The SMILES string of the molecule is CCCc1cc(C(=O)N2C[C@@H]3CCN(C)[C@@H]3C2)n[nH]1. The lowest BCUT2D eigenvalue weighted by molar-refractivity contribution is 0.0769. The van der Waals surface area contributed by atoms with E-state index in [1.165, 1.54) is 13.0 Å². The van der Waals surface area contributed by atoms with E-state index in [9.17, 15) is 4.79 Å². The maximum absolute atomic E-state index is 12.4. The minimum Gasteiger partial charge on any atom is -0.335 e. The van der Waals surface area contributed by atoms with Crippen LogP contribution in [0.2, 0.25) is 0 Å². The fourth-order valence-corrected chi connectivity index (χ4v) is 3.37. The van der Waals surface area contributed by atoms with Gasteiger partial charge in [0.1, 0.15) is 5.69 Å². The zero-order valence-electron chi connectivity index (χ0n) is 11.7. The van der Waals surface area contributed by atoms with E-state index < -0.39 is 0 Å². The van der Waals surface area contributed by atoms with E-state index in [0.717, 1.165) is 31.6 Å². The highest BCUT2D eigenvalue weighted by Gasteiger charge is 2.41. The zero-order chi connectivity index (χ0) is 13.4. The number of nitrogens with zero attached hydrogens (tertiary/aromatic N) is 3. The highest BCUT2D eigenvalue weighted by atomic mass is 16.2. The molecule has 0 spiro atoms. The number of carbonyl (C=O) groups is 1. The number of likely N-dealkylation sites (tertiary alicyclic amines) is 2. The van der Waals surface area contributed by atoms with E-state index in [1.807, 2.05) is 11.0 Å². The third kappa shape index (κ3) is 2.27. The smallest absolute Gasteiger partial charge is 0.274 e. The molecule has 2 fully saturated rings. The number of carbonyl (C=O) groups excluding carboxylic acids is 1. The second kappa shape index (κ2) is 4.96. The fourth-order valence-electron chi connectivity index (χ4n) is 3.37. The van der Waals surface area contributed by atoms with Crippen molar-refractivity contribution in [1.29, 1.82) is 0 Å². The standard InChI is InChI=1S/C14H22N4O/c1-3-4-11-7-12(16-15-11)14(19)18-8-10-5-6-17(2)13(10)9-18/h7,10,13H,3-6,8-9H2,1-2H3,(H,15,16)/t10-,13+/m0/s1. The summed E-state index contributed by atoms with van der Waals surface area (Å²) in [4.78, 5) is 16.8. The van der Waals surface area contributed by atoms with Crippen molar-refractivity contribution in [3.63, 3.8) is 0 Å². The molecule has 5 nitrogen and oxygen atoms in total. The molecule has 3 heterocycles. The van der Waals surface area contributed by atoms with E-state index >= 15 is 0 Å². The van der Waals surface area contributed by atoms with Gasteiger partial charge in [-0.05, 0) is 38.4 Å². The molecule has 5 heteroatoms. The number of aryl methyl sites for hydroxylation is 1. The monoisotopic (exact) mass is 262 g/mol. The van der Waals surface area contributed by atoms with E-state index in [4.69, 9.17) is 0 Å². The first-order valence-corrected chi connectivity index (χ1v) is 7.23. The Kier molecular flexibility index (Phi) is 3.31. The topological polar surface area (TPSA) is 52.2 Å². The number of amides is 1. The van der Waals surface area contributed by atoms with Crippen LogP contribution < -0.4 is 0 Å². The van der Waals surface area contributed by atoms with E-state index in [1.54, 1.807) is 0 Å². The molecule has 1 amide bonds. The lowest BCUT2D eigenvalue weighted by Gasteiger charge is -2.19. The average molecular weight is 262 g/mol. The van der Waals surface area contributed by atoms with Crippen molar-refractivity contribution in [1.82, 2.24) is 20.0 Å². The van der Waals surface area contributed by atoms with E-state index in [2.05, 4.69) is 29.1 Å². The van der Waals surface area contributed by atoms with Crippen molar-refractivity contribution in [3.05, 3.63) is 17.5 Å². The second-order valence-electron chi connectivity index (χ2n) is 5.84. The van der Waals surface area contributed by atoms with Crippen LogP contribution in [0.1, 0.15) is 35.9 Å². The van der Waals surface area contributed by atoms with Crippen LogP contribution in [0.25, 0.3) is 0 Å². The molecule has 0 aromatic carbocycles. The van der Waals surface area contributed by atoms with Crippen LogP contribution in [0.3, 0.4) is 0 Å². The number of fused-ring (bicyclic) bond motifs is 1. The van der Waals surface area contributed by atoms with Crippen LogP contribution in [0.5, 0.6) is 0 Å². The first kappa shape index (κ1) is 12.7. The number of hydrogen-bond acceptors (Lipinski definition) is 3. The lowest BCUT2D eigenvalue weighted by atomic mass is 10.1. The first-order valence-electron chi connectivity index (χ1n) is 7.23. The normalized spacial score (nSPS) is 26.9. The molecule has 0 radical (unpaired) electrons. The Morgan fingerprint density at radius 3 is 3.11 bits per heavy atom. The van der Waals surface area contributed by atoms with Gasteiger partial charge in [0.05, 0.1) is 0 Å². The Morgan fingerprint density at radius 2 is 2.37 bits per heavy atom. The molecule has 1 aromatic rings. The molecule has 0 bridgehead atoms. The van der Waals surface area contributed by atoms with Gasteiger partial charge in [-0.15, -0.1) is 0 Å². The van der Waals surface area contributed by atoms with Crippen LogP contribution >= 0.6 is 0 Å². The Morgan fingerprint density at radius 1 is 1.53 bits per heavy atom. The van der Waals surface area contributed by atoms with Crippen molar-refractivity contribution in [2.45, 2.75) is 32.2 Å². The van der Waals surface area contributed by atoms with Gasteiger partial charge in [0.15, 0.2) is 0 Å². The Labute approximate surface area is 114 Å². The van der Waals surface area contributed by atoms with Crippen LogP contribution in [0, 0.1) is 5.92 Å². The van der Waals surface area contributed by atoms with Gasteiger partial charge in [-0.1, -0.05) is 13.3 Å². The second-order valence-corrected chi connectivity index (χ2v) is 5.84. The van der Waals surface area contributed by atoms with Crippen molar-refractivity contribution in [3.8, 4) is 0 Å². The summed E-state index contributed by atoms with van der Waals surface area (Å²) < 4.78 is 0. The summed E-state index contributed by atoms with van der Waals surface area (Å²) in [6.45, 7) is 5.04. The predicted octanol–water partition coefficient (Wildman–Crippen LogP) is 1.14. The molecular formula is C14H22N4O. The number of nitrogens with one attached hydrogen (secondary N) is 1. The lowest BCUT2D eigenvalue weighted by Crippen LogP contribution is -2.35. The molecule has 0 unspecified atom stereocenters. The van der Waals surface area contributed by atoms with Crippen molar-refractivity contribution in [2.75, 3.05) is 26.7 Å². The van der Waals surface area contributed by atoms with E-state index in [0.29, 0.717) is 17.7 Å². The Hall–Kier alpha value is -1.36. The molecule has 1 aromatic heterocycles.